The van der Waals surface area contributed by atoms with Crippen LogP contribution in [0, 0.1) is 0 Å². The standard InChI is InChI=1S/C22H16N4O2/c27-21-19(25-24-17-12-6-2-7-13-17)18(16-10-4-1-5-11-16)20(22(28)23-21)26-14-8-3-9-15-26/h1-15H,(H-,23,24,27,28)/p+1. The van der Waals surface area contributed by atoms with Gasteiger partial charge in [0.05, 0.1) is 11.3 Å². The first kappa shape index (κ1) is 17.4. The van der Waals surface area contributed by atoms with E-state index in [4.69, 9.17) is 0 Å². The summed E-state index contributed by atoms with van der Waals surface area (Å²) >= 11 is 0. The number of azo groups is 1. The second kappa shape index (κ2) is 7.67. The maximum absolute atomic E-state index is 12.8. The Morgan fingerprint density at radius 2 is 1.39 bits per heavy atom. The van der Waals surface area contributed by atoms with E-state index in [1.165, 1.54) is 0 Å². The minimum absolute atomic E-state index is 0.195. The average Bonchev–Trinajstić information content (AvgIpc) is 2.74. The minimum atomic E-state index is -0.425. The molecular weight excluding hydrogens is 352 g/mol. The van der Waals surface area contributed by atoms with Crippen LogP contribution >= 0.6 is 0 Å². The Kier molecular flexibility index (Phi) is 4.76. The summed E-state index contributed by atoms with van der Waals surface area (Å²) in [5.74, 6) is -0.330. The van der Waals surface area contributed by atoms with Gasteiger partial charge in [-0.15, -0.1) is 5.11 Å². The van der Waals surface area contributed by atoms with Gasteiger partial charge in [-0.1, -0.05) is 54.6 Å². The Morgan fingerprint density at radius 3 is 2.07 bits per heavy atom. The van der Waals surface area contributed by atoms with Crippen molar-refractivity contribution >= 4 is 11.4 Å². The lowest BCUT2D eigenvalue weighted by atomic mass is 10.0. The minimum Gasteiger partial charge on any atom is -0.493 e. The maximum Gasteiger partial charge on any atom is 0.324 e. The smallest absolute Gasteiger partial charge is 0.324 e. The highest BCUT2D eigenvalue weighted by atomic mass is 16.3. The quantitative estimate of drug-likeness (QED) is 0.412. The van der Waals surface area contributed by atoms with Crippen LogP contribution in [0.4, 0.5) is 11.4 Å². The van der Waals surface area contributed by atoms with E-state index >= 15 is 0 Å². The summed E-state index contributed by atoms with van der Waals surface area (Å²) in [5.41, 5.74) is 2.01. The molecule has 0 amide bonds. The number of benzene rings is 2. The number of aromatic amines is 1. The summed E-state index contributed by atoms with van der Waals surface area (Å²) in [6.07, 6.45) is 3.54. The summed E-state index contributed by atoms with van der Waals surface area (Å²) in [7, 11) is 0. The van der Waals surface area contributed by atoms with Gasteiger partial charge in [0.15, 0.2) is 18.1 Å². The van der Waals surface area contributed by atoms with E-state index in [2.05, 4.69) is 15.2 Å². The number of nitrogens with zero attached hydrogens (tertiary/aromatic N) is 3. The van der Waals surface area contributed by atoms with E-state index < -0.39 is 5.56 Å². The number of H-pyrrole nitrogens is 1. The number of aromatic nitrogens is 2. The highest BCUT2D eigenvalue weighted by Gasteiger charge is 2.26. The number of aromatic hydroxyl groups is 1. The predicted octanol–water partition coefficient (Wildman–Crippen LogP) is 4.44. The Hall–Kier alpha value is -4.06. The molecule has 2 aromatic heterocycles. The number of hydrogen-bond acceptors (Lipinski definition) is 4. The fraction of sp³-hybridized carbons (Fsp3) is 0. The van der Waals surface area contributed by atoms with Crippen molar-refractivity contribution in [3.05, 3.63) is 102 Å². The molecule has 6 heteroatoms. The van der Waals surface area contributed by atoms with Gasteiger partial charge in [-0.2, -0.15) is 9.68 Å². The summed E-state index contributed by atoms with van der Waals surface area (Å²) in [5, 5.41) is 19.0. The Morgan fingerprint density at radius 1 is 0.786 bits per heavy atom. The van der Waals surface area contributed by atoms with Gasteiger partial charge in [-0.05, 0) is 17.7 Å². The Labute approximate surface area is 161 Å². The van der Waals surface area contributed by atoms with Crippen molar-refractivity contribution in [3.63, 3.8) is 0 Å². The first-order valence-corrected chi connectivity index (χ1v) is 8.72. The van der Waals surface area contributed by atoms with Crippen LogP contribution in [-0.2, 0) is 0 Å². The zero-order valence-electron chi connectivity index (χ0n) is 14.9. The highest BCUT2D eigenvalue weighted by molar-refractivity contribution is 5.83. The van der Waals surface area contributed by atoms with Gasteiger partial charge >= 0.3 is 5.56 Å². The number of hydrogen-bond donors (Lipinski definition) is 2. The van der Waals surface area contributed by atoms with Crippen molar-refractivity contribution in [1.29, 1.82) is 0 Å². The van der Waals surface area contributed by atoms with Crippen molar-refractivity contribution in [2.75, 3.05) is 0 Å². The summed E-state index contributed by atoms with van der Waals surface area (Å²) in [4.78, 5) is 15.2. The zero-order valence-corrected chi connectivity index (χ0v) is 14.9. The molecule has 0 unspecified atom stereocenters. The molecule has 0 radical (unpaired) electrons. The third kappa shape index (κ3) is 3.43. The van der Waals surface area contributed by atoms with Gasteiger partial charge in [0.25, 0.3) is 5.69 Å². The van der Waals surface area contributed by atoms with Crippen LogP contribution in [0.2, 0.25) is 0 Å². The molecule has 0 bridgehead atoms. The fourth-order valence-electron chi connectivity index (χ4n) is 2.94. The molecule has 6 nitrogen and oxygen atoms in total. The van der Waals surface area contributed by atoms with E-state index in [9.17, 15) is 9.90 Å². The Bertz CT molecular complexity index is 1170. The van der Waals surface area contributed by atoms with Gasteiger partial charge in [-0.3, -0.25) is 9.78 Å². The third-order valence-corrected chi connectivity index (χ3v) is 4.20. The third-order valence-electron chi connectivity index (χ3n) is 4.20. The average molecular weight is 369 g/mol. The van der Waals surface area contributed by atoms with Crippen LogP contribution in [0.3, 0.4) is 0 Å². The van der Waals surface area contributed by atoms with E-state index in [1.54, 1.807) is 29.1 Å². The summed E-state index contributed by atoms with van der Waals surface area (Å²) in [6.45, 7) is 0. The molecular formula is C22H17N4O2+. The molecule has 0 aliphatic rings. The van der Waals surface area contributed by atoms with Gasteiger partial charge < -0.3 is 5.11 Å². The fourth-order valence-corrected chi connectivity index (χ4v) is 2.94. The molecule has 0 fully saturated rings. The highest BCUT2D eigenvalue weighted by Crippen LogP contribution is 2.38. The van der Waals surface area contributed by atoms with Crippen LogP contribution in [0.1, 0.15) is 0 Å². The number of nitrogens with one attached hydrogen (secondary N) is 1. The van der Waals surface area contributed by atoms with Gasteiger partial charge in [0, 0.05) is 12.1 Å². The van der Waals surface area contributed by atoms with Crippen LogP contribution < -0.4 is 10.1 Å². The molecule has 0 saturated heterocycles. The molecule has 0 aliphatic heterocycles. The van der Waals surface area contributed by atoms with E-state index in [-0.39, 0.29) is 11.6 Å². The normalized spacial score (nSPS) is 11.0. The summed E-state index contributed by atoms with van der Waals surface area (Å²) in [6, 6.07) is 24.1. The van der Waals surface area contributed by atoms with Crippen LogP contribution in [0.25, 0.3) is 16.8 Å². The van der Waals surface area contributed by atoms with E-state index in [1.807, 2.05) is 66.7 Å². The van der Waals surface area contributed by atoms with Crippen LogP contribution in [0.5, 0.6) is 5.88 Å². The van der Waals surface area contributed by atoms with Gasteiger partial charge in [0.1, 0.15) is 0 Å². The molecule has 0 saturated carbocycles. The molecule has 0 aliphatic carbocycles. The predicted molar refractivity (Wildman–Crippen MR) is 106 cm³/mol. The van der Waals surface area contributed by atoms with Crippen molar-refractivity contribution < 1.29 is 9.67 Å². The monoisotopic (exact) mass is 369 g/mol. The summed E-state index contributed by atoms with van der Waals surface area (Å²) < 4.78 is 1.70. The second-order valence-corrected chi connectivity index (χ2v) is 6.06. The molecule has 4 aromatic rings. The maximum atomic E-state index is 12.8. The molecule has 2 aromatic carbocycles. The number of rotatable bonds is 4. The molecule has 28 heavy (non-hydrogen) atoms. The molecule has 136 valence electrons. The van der Waals surface area contributed by atoms with E-state index in [0.29, 0.717) is 16.9 Å². The molecule has 2 N–H and O–H groups in total. The molecule has 0 atom stereocenters. The topological polar surface area (TPSA) is 81.7 Å². The van der Waals surface area contributed by atoms with Crippen LogP contribution in [-0.4, -0.2) is 10.1 Å². The van der Waals surface area contributed by atoms with Crippen LogP contribution in [0.15, 0.2) is 106 Å². The lowest BCUT2D eigenvalue weighted by Crippen LogP contribution is -2.37. The first-order chi connectivity index (χ1) is 13.7. The van der Waals surface area contributed by atoms with Crippen molar-refractivity contribution in [1.82, 2.24) is 4.98 Å². The first-order valence-electron chi connectivity index (χ1n) is 8.72. The van der Waals surface area contributed by atoms with Gasteiger partial charge in [-0.25, -0.2) is 0 Å². The second-order valence-electron chi connectivity index (χ2n) is 6.06. The zero-order chi connectivity index (χ0) is 19.3. The SMILES string of the molecule is O=c1[nH]c(O)c(N=Nc2ccccc2)c(-c2ccccc2)c1-[n+]1ccccc1. The lowest BCUT2D eigenvalue weighted by Gasteiger charge is -2.09. The molecule has 2 heterocycles. The van der Waals surface area contributed by atoms with Crippen molar-refractivity contribution in [2.24, 2.45) is 10.2 Å². The molecule has 4 rings (SSSR count). The Balaban J connectivity index is 2.00. The van der Waals surface area contributed by atoms with Gasteiger partial charge in [0.2, 0.25) is 5.88 Å². The lowest BCUT2D eigenvalue weighted by molar-refractivity contribution is -0.596. The van der Waals surface area contributed by atoms with Crippen molar-refractivity contribution in [2.45, 2.75) is 0 Å². The molecule has 0 spiro atoms. The van der Waals surface area contributed by atoms with E-state index in [0.717, 1.165) is 5.56 Å². The largest absolute Gasteiger partial charge is 0.493 e. The van der Waals surface area contributed by atoms with Crippen molar-refractivity contribution in [3.8, 4) is 22.7 Å². The number of pyridine rings is 2.